The number of amides is 2. The van der Waals surface area contributed by atoms with Gasteiger partial charge in [-0.2, -0.15) is 0 Å². The summed E-state index contributed by atoms with van der Waals surface area (Å²) in [6, 6.07) is 7.62. The third kappa shape index (κ3) is 3.10. The summed E-state index contributed by atoms with van der Waals surface area (Å²) in [4.78, 5) is 26.0. The molecule has 2 aliphatic rings. The molecule has 2 amide bonds. The molecule has 0 saturated carbocycles. The highest BCUT2D eigenvalue weighted by atomic mass is 35.5. The van der Waals surface area contributed by atoms with Crippen LogP contribution in [-0.2, 0) is 9.59 Å². The molecular weight excluding hydrogens is 302 g/mol. The molecule has 1 aromatic rings. The van der Waals surface area contributed by atoms with Gasteiger partial charge in [-0.1, -0.05) is 29.8 Å². The average molecular weight is 322 g/mol. The molecular formula is C16H20ClN3O2. The van der Waals surface area contributed by atoms with Crippen LogP contribution in [0.3, 0.4) is 0 Å². The van der Waals surface area contributed by atoms with Crippen LogP contribution in [0.5, 0.6) is 0 Å². The van der Waals surface area contributed by atoms with E-state index in [1.54, 1.807) is 0 Å². The molecule has 2 saturated heterocycles. The number of carbonyl (C=O) groups is 2. The third-order valence-electron chi connectivity index (χ3n) is 4.41. The first-order valence-corrected chi connectivity index (χ1v) is 8.07. The summed E-state index contributed by atoms with van der Waals surface area (Å²) in [5.74, 6) is 0.0271. The minimum Gasteiger partial charge on any atom is -0.355 e. The fourth-order valence-electron chi connectivity index (χ4n) is 3.17. The fraction of sp³-hybridized carbons (Fsp3) is 0.500. The van der Waals surface area contributed by atoms with Crippen molar-refractivity contribution >= 4 is 23.4 Å². The second-order valence-corrected chi connectivity index (χ2v) is 6.22. The minimum atomic E-state index is -0.124. The lowest BCUT2D eigenvalue weighted by atomic mass is 9.95. The molecule has 118 valence electrons. The van der Waals surface area contributed by atoms with Crippen molar-refractivity contribution in [1.29, 1.82) is 0 Å². The standard InChI is InChI=1S/C16H20ClN3O2/c17-13-4-2-1-3-12(13)14-10-18-7-8-20(14)16(22)11-5-6-15(21)19-9-11/h1-4,11,14,18H,5-10H2,(H,19,21). The summed E-state index contributed by atoms with van der Waals surface area (Å²) in [5, 5.41) is 6.81. The van der Waals surface area contributed by atoms with E-state index < -0.39 is 0 Å². The Labute approximate surface area is 135 Å². The van der Waals surface area contributed by atoms with E-state index in [2.05, 4.69) is 10.6 Å². The lowest BCUT2D eigenvalue weighted by Gasteiger charge is -2.39. The number of carbonyl (C=O) groups excluding carboxylic acids is 2. The summed E-state index contributed by atoms with van der Waals surface area (Å²) in [6.07, 6.45) is 1.06. The van der Waals surface area contributed by atoms with E-state index >= 15 is 0 Å². The van der Waals surface area contributed by atoms with Gasteiger partial charge in [-0.25, -0.2) is 0 Å². The minimum absolute atomic E-state index is 0.0343. The summed E-state index contributed by atoms with van der Waals surface area (Å²) >= 11 is 6.31. The lowest BCUT2D eigenvalue weighted by molar-refractivity contribution is -0.140. The van der Waals surface area contributed by atoms with Gasteiger partial charge in [0.1, 0.15) is 0 Å². The number of halogens is 1. The van der Waals surface area contributed by atoms with Crippen molar-refractivity contribution in [3.8, 4) is 0 Å². The van der Waals surface area contributed by atoms with Crippen LogP contribution in [0.25, 0.3) is 0 Å². The number of benzene rings is 1. The van der Waals surface area contributed by atoms with Crippen LogP contribution in [-0.4, -0.2) is 42.9 Å². The predicted molar refractivity (Wildman–Crippen MR) is 84.5 cm³/mol. The lowest BCUT2D eigenvalue weighted by Crippen LogP contribution is -2.52. The van der Waals surface area contributed by atoms with Crippen molar-refractivity contribution in [2.75, 3.05) is 26.2 Å². The maximum absolute atomic E-state index is 12.9. The Bertz CT molecular complexity index is 568. The number of piperazine rings is 1. The second-order valence-electron chi connectivity index (χ2n) is 5.81. The maximum Gasteiger partial charge on any atom is 0.228 e. The molecule has 2 atom stereocenters. The van der Waals surface area contributed by atoms with E-state index in [0.29, 0.717) is 37.5 Å². The Morgan fingerprint density at radius 3 is 2.82 bits per heavy atom. The van der Waals surface area contributed by atoms with E-state index in [0.717, 1.165) is 12.1 Å². The number of hydrogen-bond donors (Lipinski definition) is 2. The first-order chi connectivity index (χ1) is 10.7. The van der Waals surface area contributed by atoms with E-state index in [1.807, 2.05) is 29.2 Å². The van der Waals surface area contributed by atoms with Crippen molar-refractivity contribution in [1.82, 2.24) is 15.5 Å². The molecule has 0 spiro atoms. The number of rotatable bonds is 2. The second kappa shape index (κ2) is 6.67. The van der Waals surface area contributed by atoms with Crippen molar-refractivity contribution in [2.24, 2.45) is 5.92 Å². The van der Waals surface area contributed by atoms with Gasteiger partial charge in [-0.3, -0.25) is 9.59 Å². The molecule has 0 radical (unpaired) electrons. The summed E-state index contributed by atoms with van der Waals surface area (Å²) in [6.45, 7) is 2.59. The zero-order chi connectivity index (χ0) is 15.5. The van der Waals surface area contributed by atoms with Gasteiger partial charge in [0.15, 0.2) is 0 Å². The molecule has 2 fully saturated rings. The van der Waals surface area contributed by atoms with Crippen LogP contribution < -0.4 is 10.6 Å². The number of hydrogen-bond acceptors (Lipinski definition) is 3. The SMILES string of the molecule is O=C1CCC(C(=O)N2CCNCC2c2ccccc2Cl)CN1. The van der Waals surface area contributed by atoms with Crippen LogP contribution in [0.1, 0.15) is 24.4 Å². The Balaban J connectivity index is 1.79. The fourth-order valence-corrected chi connectivity index (χ4v) is 3.43. The highest BCUT2D eigenvalue weighted by molar-refractivity contribution is 6.31. The first kappa shape index (κ1) is 15.3. The molecule has 2 aliphatic heterocycles. The van der Waals surface area contributed by atoms with E-state index in [-0.39, 0.29) is 23.8 Å². The van der Waals surface area contributed by atoms with Crippen LogP contribution in [0, 0.1) is 5.92 Å². The van der Waals surface area contributed by atoms with Gasteiger partial charge in [0.2, 0.25) is 11.8 Å². The van der Waals surface area contributed by atoms with Crippen LogP contribution in [0.2, 0.25) is 5.02 Å². The van der Waals surface area contributed by atoms with Gasteiger partial charge in [0, 0.05) is 37.6 Å². The van der Waals surface area contributed by atoms with Gasteiger partial charge < -0.3 is 15.5 Å². The Kier molecular flexibility index (Phi) is 4.64. The monoisotopic (exact) mass is 321 g/mol. The highest BCUT2D eigenvalue weighted by Crippen LogP contribution is 2.30. The average Bonchev–Trinajstić information content (AvgIpc) is 2.55. The van der Waals surface area contributed by atoms with Gasteiger partial charge in [0.25, 0.3) is 0 Å². The summed E-state index contributed by atoms with van der Waals surface area (Å²) < 4.78 is 0. The quantitative estimate of drug-likeness (QED) is 0.864. The van der Waals surface area contributed by atoms with E-state index in [1.165, 1.54) is 0 Å². The molecule has 2 heterocycles. The zero-order valence-corrected chi connectivity index (χ0v) is 13.1. The molecule has 1 aromatic carbocycles. The van der Waals surface area contributed by atoms with Gasteiger partial charge in [0.05, 0.1) is 12.0 Å². The number of nitrogens with one attached hydrogen (secondary N) is 2. The van der Waals surface area contributed by atoms with Crippen molar-refractivity contribution in [3.05, 3.63) is 34.9 Å². The van der Waals surface area contributed by atoms with Crippen molar-refractivity contribution in [2.45, 2.75) is 18.9 Å². The zero-order valence-electron chi connectivity index (χ0n) is 12.3. The molecule has 0 bridgehead atoms. The van der Waals surface area contributed by atoms with E-state index in [9.17, 15) is 9.59 Å². The first-order valence-electron chi connectivity index (χ1n) is 7.69. The van der Waals surface area contributed by atoms with Crippen LogP contribution >= 0.6 is 11.6 Å². The third-order valence-corrected chi connectivity index (χ3v) is 4.75. The van der Waals surface area contributed by atoms with Gasteiger partial charge in [-0.05, 0) is 18.1 Å². The largest absolute Gasteiger partial charge is 0.355 e. The maximum atomic E-state index is 12.9. The molecule has 22 heavy (non-hydrogen) atoms. The van der Waals surface area contributed by atoms with Gasteiger partial charge >= 0.3 is 0 Å². The number of nitrogens with zero attached hydrogens (tertiary/aromatic N) is 1. The predicted octanol–water partition coefficient (Wildman–Crippen LogP) is 1.34. The topological polar surface area (TPSA) is 61.4 Å². The molecule has 0 aliphatic carbocycles. The normalized spacial score (nSPS) is 25.7. The summed E-state index contributed by atoms with van der Waals surface area (Å²) in [5.41, 5.74) is 0.976. The Morgan fingerprint density at radius 1 is 1.27 bits per heavy atom. The molecule has 3 rings (SSSR count). The number of piperidine rings is 1. The smallest absolute Gasteiger partial charge is 0.228 e. The van der Waals surface area contributed by atoms with Crippen molar-refractivity contribution < 1.29 is 9.59 Å². The summed E-state index contributed by atoms with van der Waals surface area (Å²) in [7, 11) is 0. The molecule has 6 heteroatoms. The Hall–Kier alpha value is -1.59. The highest BCUT2D eigenvalue weighted by Gasteiger charge is 2.34. The van der Waals surface area contributed by atoms with E-state index in [4.69, 9.17) is 11.6 Å². The van der Waals surface area contributed by atoms with Crippen molar-refractivity contribution in [3.63, 3.8) is 0 Å². The molecule has 0 aromatic heterocycles. The Morgan fingerprint density at radius 2 is 2.09 bits per heavy atom. The van der Waals surface area contributed by atoms with Crippen LogP contribution in [0.4, 0.5) is 0 Å². The van der Waals surface area contributed by atoms with Gasteiger partial charge in [-0.15, -0.1) is 0 Å². The molecule has 2 N–H and O–H groups in total. The molecule has 5 nitrogen and oxygen atoms in total. The molecule has 2 unspecified atom stereocenters. The van der Waals surface area contributed by atoms with Crippen LogP contribution in [0.15, 0.2) is 24.3 Å².